The van der Waals surface area contributed by atoms with Crippen molar-refractivity contribution in [3.63, 3.8) is 0 Å². The zero-order valence-corrected chi connectivity index (χ0v) is 9.67. The molecule has 0 aromatic heterocycles. The first-order chi connectivity index (χ1) is 7.06. The summed E-state index contributed by atoms with van der Waals surface area (Å²) in [6.07, 6.45) is 1.26. The number of benzene rings is 1. The Hall–Kier alpha value is -1.33. The van der Waals surface area contributed by atoms with E-state index in [2.05, 4.69) is 39.0 Å². The molecule has 0 saturated heterocycles. The van der Waals surface area contributed by atoms with Gasteiger partial charge in [-0.15, -0.1) is 0 Å². The van der Waals surface area contributed by atoms with Crippen molar-refractivity contribution in [3.05, 3.63) is 34.4 Å². The summed E-state index contributed by atoms with van der Waals surface area (Å²) < 4.78 is 0. The van der Waals surface area contributed by atoms with E-state index in [1.165, 1.54) is 22.3 Å². The normalized spacial score (nSPS) is 12.2. The summed E-state index contributed by atoms with van der Waals surface area (Å²) in [7, 11) is 0. The second-order valence-corrected chi connectivity index (χ2v) is 4.10. The van der Waals surface area contributed by atoms with E-state index in [9.17, 15) is 0 Å². The lowest BCUT2D eigenvalue weighted by atomic mass is 9.94. The Labute approximate surface area is 91.7 Å². The first kappa shape index (κ1) is 11.7. The van der Waals surface area contributed by atoms with Gasteiger partial charge in [-0.2, -0.15) is 5.26 Å². The Morgan fingerprint density at radius 3 is 2.40 bits per heavy atom. The van der Waals surface area contributed by atoms with Gasteiger partial charge in [0.15, 0.2) is 0 Å². The fourth-order valence-corrected chi connectivity index (χ4v) is 1.76. The molecule has 0 aliphatic carbocycles. The zero-order chi connectivity index (χ0) is 11.4. The minimum atomic E-state index is -0.0102. The maximum atomic E-state index is 8.52. The summed E-state index contributed by atoms with van der Waals surface area (Å²) >= 11 is 0. The number of aryl methyl sites for hydroxylation is 3. The average molecular weight is 202 g/mol. The smallest absolute Gasteiger partial charge is 0.0622 e. The molecule has 0 amide bonds. The number of nitrogens with zero attached hydrogens (tertiary/aromatic N) is 1. The van der Waals surface area contributed by atoms with E-state index < -0.39 is 0 Å². The van der Waals surface area contributed by atoms with E-state index in [-0.39, 0.29) is 6.04 Å². The third-order valence-corrected chi connectivity index (χ3v) is 2.85. The zero-order valence-electron chi connectivity index (χ0n) is 9.67. The predicted octanol–water partition coefficient (Wildman–Crippen LogP) is 2.92. The molecule has 0 heterocycles. The van der Waals surface area contributed by atoms with E-state index >= 15 is 0 Å². The van der Waals surface area contributed by atoms with Crippen LogP contribution in [-0.4, -0.2) is 0 Å². The molecule has 0 aliphatic rings. The number of nitrogens with two attached hydrogens (primary N) is 1. The van der Waals surface area contributed by atoms with Gasteiger partial charge in [0.1, 0.15) is 0 Å². The van der Waals surface area contributed by atoms with Crippen LogP contribution < -0.4 is 5.73 Å². The van der Waals surface area contributed by atoms with E-state index in [1.807, 2.05) is 0 Å². The predicted molar refractivity (Wildman–Crippen MR) is 62.4 cm³/mol. The molecular formula is C13H18N2. The molecule has 2 N–H and O–H groups in total. The molecule has 2 heteroatoms. The number of hydrogen-bond donors (Lipinski definition) is 1. The van der Waals surface area contributed by atoms with Crippen LogP contribution in [0.3, 0.4) is 0 Å². The van der Waals surface area contributed by atoms with E-state index in [0.717, 1.165) is 6.42 Å². The lowest BCUT2D eigenvalue weighted by Gasteiger charge is -2.15. The number of nitriles is 1. The second kappa shape index (κ2) is 4.95. The van der Waals surface area contributed by atoms with Crippen LogP contribution in [0.2, 0.25) is 0 Å². The quantitative estimate of drug-likeness (QED) is 0.819. The van der Waals surface area contributed by atoms with Gasteiger partial charge in [-0.25, -0.2) is 0 Å². The molecule has 1 aromatic rings. The summed E-state index contributed by atoms with van der Waals surface area (Å²) in [6, 6.07) is 6.43. The van der Waals surface area contributed by atoms with Crippen LogP contribution in [0.15, 0.2) is 12.1 Å². The molecule has 80 valence electrons. The lowest BCUT2D eigenvalue weighted by molar-refractivity contribution is 0.660. The summed E-state index contributed by atoms with van der Waals surface area (Å²) in [5.41, 5.74) is 11.0. The average Bonchev–Trinajstić information content (AvgIpc) is 2.20. The molecule has 0 aliphatic heterocycles. The van der Waals surface area contributed by atoms with Crippen molar-refractivity contribution in [2.45, 2.75) is 39.7 Å². The van der Waals surface area contributed by atoms with Gasteiger partial charge in [-0.3, -0.25) is 0 Å². The van der Waals surface area contributed by atoms with E-state index in [1.54, 1.807) is 0 Å². The molecule has 0 fully saturated rings. The van der Waals surface area contributed by atoms with E-state index in [4.69, 9.17) is 11.0 Å². The van der Waals surface area contributed by atoms with Crippen molar-refractivity contribution in [3.8, 4) is 6.07 Å². The van der Waals surface area contributed by atoms with Crippen molar-refractivity contribution in [1.29, 1.82) is 5.26 Å². The Balaban J connectivity index is 2.94. The molecule has 0 saturated carbocycles. The van der Waals surface area contributed by atoms with Gasteiger partial charge in [0, 0.05) is 12.5 Å². The van der Waals surface area contributed by atoms with Crippen molar-refractivity contribution in [2.75, 3.05) is 0 Å². The Morgan fingerprint density at radius 1 is 1.20 bits per heavy atom. The molecule has 0 radical (unpaired) electrons. The molecule has 1 atom stereocenters. The highest BCUT2D eigenvalue weighted by molar-refractivity contribution is 5.38. The fraction of sp³-hybridized carbons (Fsp3) is 0.462. The van der Waals surface area contributed by atoms with Crippen molar-refractivity contribution in [1.82, 2.24) is 0 Å². The summed E-state index contributed by atoms with van der Waals surface area (Å²) in [6.45, 7) is 6.27. The van der Waals surface area contributed by atoms with Gasteiger partial charge in [0.25, 0.3) is 0 Å². The SMILES string of the molecule is Cc1cc(C)c(C(N)CCC#N)cc1C. The molecule has 0 spiro atoms. The molecule has 1 rings (SSSR count). The van der Waals surface area contributed by atoms with Crippen LogP contribution >= 0.6 is 0 Å². The van der Waals surface area contributed by atoms with Crippen LogP contribution in [0.5, 0.6) is 0 Å². The van der Waals surface area contributed by atoms with Gasteiger partial charge >= 0.3 is 0 Å². The summed E-state index contributed by atoms with van der Waals surface area (Å²) in [4.78, 5) is 0. The summed E-state index contributed by atoms with van der Waals surface area (Å²) in [5.74, 6) is 0. The first-order valence-corrected chi connectivity index (χ1v) is 5.26. The van der Waals surface area contributed by atoms with Gasteiger partial charge < -0.3 is 5.73 Å². The molecular weight excluding hydrogens is 184 g/mol. The number of rotatable bonds is 3. The maximum Gasteiger partial charge on any atom is 0.0622 e. The lowest BCUT2D eigenvalue weighted by Crippen LogP contribution is -2.12. The second-order valence-electron chi connectivity index (χ2n) is 4.10. The molecule has 2 nitrogen and oxygen atoms in total. The monoisotopic (exact) mass is 202 g/mol. The molecule has 1 aromatic carbocycles. The third kappa shape index (κ3) is 2.81. The van der Waals surface area contributed by atoms with Gasteiger partial charge in [0.2, 0.25) is 0 Å². The highest BCUT2D eigenvalue weighted by atomic mass is 14.6. The topological polar surface area (TPSA) is 49.8 Å². The first-order valence-electron chi connectivity index (χ1n) is 5.26. The minimum absolute atomic E-state index is 0.0102. The van der Waals surface area contributed by atoms with Crippen LogP contribution in [-0.2, 0) is 0 Å². The Morgan fingerprint density at radius 2 is 1.80 bits per heavy atom. The van der Waals surface area contributed by atoms with Gasteiger partial charge in [-0.1, -0.05) is 12.1 Å². The Bertz CT molecular complexity index is 388. The van der Waals surface area contributed by atoms with Gasteiger partial charge in [-0.05, 0) is 49.4 Å². The van der Waals surface area contributed by atoms with E-state index in [0.29, 0.717) is 6.42 Å². The highest BCUT2D eigenvalue weighted by Gasteiger charge is 2.09. The van der Waals surface area contributed by atoms with Crippen LogP contribution in [0, 0.1) is 32.1 Å². The largest absolute Gasteiger partial charge is 0.324 e. The Kier molecular flexibility index (Phi) is 3.88. The minimum Gasteiger partial charge on any atom is -0.324 e. The van der Waals surface area contributed by atoms with Crippen LogP contribution in [0.25, 0.3) is 0 Å². The maximum absolute atomic E-state index is 8.52. The highest BCUT2D eigenvalue weighted by Crippen LogP contribution is 2.23. The summed E-state index contributed by atoms with van der Waals surface area (Å²) in [5, 5.41) is 8.52. The van der Waals surface area contributed by atoms with Crippen molar-refractivity contribution in [2.24, 2.45) is 5.73 Å². The standard InChI is InChI=1S/C13H18N2/c1-9-7-11(3)12(8-10(9)2)13(15)5-4-6-14/h7-8,13H,4-5,15H2,1-3H3. The fourth-order valence-electron chi connectivity index (χ4n) is 1.76. The van der Waals surface area contributed by atoms with Crippen molar-refractivity contribution >= 4 is 0 Å². The third-order valence-electron chi connectivity index (χ3n) is 2.85. The molecule has 0 bridgehead atoms. The molecule has 1 unspecified atom stereocenters. The van der Waals surface area contributed by atoms with Gasteiger partial charge in [0.05, 0.1) is 6.07 Å². The van der Waals surface area contributed by atoms with Crippen molar-refractivity contribution < 1.29 is 0 Å². The van der Waals surface area contributed by atoms with Crippen LogP contribution in [0.4, 0.5) is 0 Å². The molecule has 15 heavy (non-hydrogen) atoms. The van der Waals surface area contributed by atoms with Crippen LogP contribution in [0.1, 0.15) is 41.1 Å². The number of hydrogen-bond acceptors (Lipinski definition) is 2.